The SMILES string of the molecule is CCc1ccccc1N(CC(=O)N(Cc1ccccc1)C(Cc1ccccc1)C(=O)NC1CCCC1)S(=O)(=O)c1ccc(C)cc1. The maximum atomic E-state index is 14.7. The van der Waals surface area contributed by atoms with Crippen molar-refractivity contribution in [2.75, 3.05) is 10.8 Å². The van der Waals surface area contributed by atoms with Crippen LogP contribution < -0.4 is 9.62 Å². The van der Waals surface area contributed by atoms with E-state index >= 15 is 0 Å². The molecule has 0 spiro atoms. The van der Waals surface area contributed by atoms with Crippen molar-refractivity contribution in [3.63, 3.8) is 0 Å². The summed E-state index contributed by atoms with van der Waals surface area (Å²) in [5.41, 5.74) is 3.96. The van der Waals surface area contributed by atoms with E-state index in [-0.39, 0.29) is 23.4 Å². The fourth-order valence-corrected chi connectivity index (χ4v) is 7.56. The number of para-hydroxylation sites is 1. The van der Waals surface area contributed by atoms with E-state index in [1.54, 1.807) is 41.3 Å². The quantitative estimate of drug-likeness (QED) is 0.183. The molecule has 1 saturated carbocycles. The van der Waals surface area contributed by atoms with Gasteiger partial charge in [0.1, 0.15) is 12.6 Å². The zero-order valence-corrected chi connectivity index (χ0v) is 27.5. The number of carbonyl (C=O) groups excluding carboxylic acids is 2. The number of nitrogens with zero attached hydrogens (tertiary/aromatic N) is 2. The second kappa shape index (κ2) is 15.2. The fourth-order valence-electron chi connectivity index (χ4n) is 6.11. The lowest BCUT2D eigenvalue weighted by Crippen LogP contribution is -2.54. The van der Waals surface area contributed by atoms with Crippen LogP contribution in [0.25, 0.3) is 0 Å². The molecule has 5 rings (SSSR count). The monoisotopic (exact) mass is 637 g/mol. The molecule has 1 fully saturated rings. The molecule has 240 valence electrons. The van der Waals surface area contributed by atoms with Crippen molar-refractivity contribution in [2.24, 2.45) is 0 Å². The van der Waals surface area contributed by atoms with Crippen LogP contribution in [0, 0.1) is 6.92 Å². The van der Waals surface area contributed by atoms with E-state index in [0.29, 0.717) is 18.5 Å². The van der Waals surface area contributed by atoms with E-state index in [9.17, 15) is 18.0 Å². The molecule has 0 aliphatic heterocycles. The first-order valence-electron chi connectivity index (χ1n) is 16.1. The number of hydrogen-bond acceptors (Lipinski definition) is 4. The molecule has 7 nitrogen and oxygen atoms in total. The first-order chi connectivity index (χ1) is 22.3. The first kappa shape index (κ1) is 32.9. The van der Waals surface area contributed by atoms with Crippen LogP contribution in [0.5, 0.6) is 0 Å². The summed E-state index contributed by atoms with van der Waals surface area (Å²) in [5.74, 6) is -0.671. The van der Waals surface area contributed by atoms with E-state index in [4.69, 9.17) is 0 Å². The van der Waals surface area contributed by atoms with E-state index in [1.165, 1.54) is 4.31 Å². The normalized spacial score (nSPS) is 14.0. The van der Waals surface area contributed by atoms with Gasteiger partial charge in [0.15, 0.2) is 0 Å². The average molecular weight is 638 g/mol. The largest absolute Gasteiger partial charge is 0.352 e. The Kier molecular flexibility index (Phi) is 10.9. The summed E-state index contributed by atoms with van der Waals surface area (Å²) in [6.45, 7) is 3.56. The van der Waals surface area contributed by atoms with Crippen LogP contribution in [-0.4, -0.2) is 43.8 Å². The summed E-state index contributed by atoms with van der Waals surface area (Å²) in [4.78, 5) is 30.5. The number of nitrogens with one attached hydrogen (secondary N) is 1. The van der Waals surface area contributed by atoms with E-state index in [0.717, 1.165) is 47.9 Å². The van der Waals surface area contributed by atoms with Gasteiger partial charge in [-0.3, -0.25) is 13.9 Å². The fraction of sp³-hybridized carbons (Fsp3) is 0.316. The van der Waals surface area contributed by atoms with Crippen molar-refractivity contribution in [3.8, 4) is 0 Å². The molecule has 0 radical (unpaired) electrons. The van der Waals surface area contributed by atoms with Gasteiger partial charge in [-0.1, -0.05) is 116 Å². The Morgan fingerprint density at radius 1 is 0.804 bits per heavy atom. The number of benzene rings is 4. The molecule has 0 saturated heterocycles. The molecule has 0 heterocycles. The Hall–Kier alpha value is -4.43. The number of carbonyl (C=O) groups is 2. The molecule has 8 heteroatoms. The van der Waals surface area contributed by atoms with E-state index in [1.807, 2.05) is 86.6 Å². The molecule has 1 atom stereocenters. The highest BCUT2D eigenvalue weighted by molar-refractivity contribution is 7.92. The summed E-state index contributed by atoms with van der Waals surface area (Å²) >= 11 is 0. The summed E-state index contributed by atoms with van der Waals surface area (Å²) < 4.78 is 29.9. The lowest BCUT2D eigenvalue weighted by molar-refractivity contribution is -0.140. The second-order valence-corrected chi connectivity index (χ2v) is 13.9. The standard InChI is InChI=1S/C38H43N3O4S/c1-3-32-18-10-13-21-35(32)41(46(44,45)34-24-22-29(2)23-25-34)28-37(42)40(27-31-16-8-5-9-17-31)36(26-30-14-6-4-7-15-30)38(43)39-33-19-11-12-20-33/h4-10,13-18,21-25,33,36H,3,11-12,19-20,26-28H2,1-2H3,(H,39,43). The number of anilines is 1. The van der Waals surface area contributed by atoms with Crippen LogP contribution in [0.15, 0.2) is 114 Å². The topological polar surface area (TPSA) is 86.8 Å². The van der Waals surface area contributed by atoms with Crippen molar-refractivity contribution >= 4 is 27.5 Å². The highest BCUT2D eigenvalue weighted by atomic mass is 32.2. The smallest absolute Gasteiger partial charge is 0.264 e. The average Bonchev–Trinajstić information content (AvgIpc) is 3.59. The number of aryl methyl sites for hydroxylation is 2. The molecule has 0 bridgehead atoms. The summed E-state index contributed by atoms with van der Waals surface area (Å²) in [7, 11) is -4.14. The van der Waals surface area contributed by atoms with Crippen molar-refractivity contribution in [3.05, 3.63) is 131 Å². The summed E-state index contributed by atoms with van der Waals surface area (Å²) in [6, 6.07) is 32.3. The Bertz CT molecular complexity index is 1700. The summed E-state index contributed by atoms with van der Waals surface area (Å²) in [6.07, 6.45) is 4.82. The van der Waals surface area contributed by atoms with Crippen LogP contribution in [-0.2, 0) is 39.0 Å². The zero-order valence-electron chi connectivity index (χ0n) is 26.6. The van der Waals surface area contributed by atoms with Crippen molar-refractivity contribution in [2.45, 2.75) is 75.9 Å². The molecule has 4 aromatic carbocycles. The maximum absolute atomic E-state index is 14.7. The van der Waals surface area contributed by atoms with Crippen LogP contribution in [0.1, 0.15) is 54.9 Å². The molecule has 1 aliphatic carbocycles. The molecule has 1 aliphatic rings. The van der Waals surface area contributed by atoms with Gasteiger partial charge in [-0.2, -0.15) is 0 Å². The zero-order chi connectivity index (χ0) is 32.5. The first-order valence-corrected chi connectivity index (χ1v) is 17.5. The lowest BCUT2D eigenvalue weighted by Gasteiger charge is -2.34. The van der Waals surface area contributed by atoms with Gasteiger partial charge in [-0.05, 0) is 61.1 Å². The van der Waals surface area contributed by atoms with Gasteiger partial charge in [-0.15, -0.1) is 0 Å². The minimum absolute atomic E-state index is 0.0642. The van der Waals surface area contributed by atoms with Crippen LogP contribution in [0.4, 0.5) is 5.69 Å². The summed E-state index contributed by atoms with van der Waals surface area (Å²) in [5, 5.41) is 3.22. The highest BCUT2D eigenvalue weighted by Gasteiger charge is 2.36. The minimum Gasteiger partial charge on any atom is -0.352 e. The van der Waals surface area contributed by atoms with E-state index in [2.05, 4.69) is 5.32 Å². The van der Waals surface area contributed by atoms with Gasteiger partial charge in [0.05, 0.1) is 10.6 Å². The van der Waals surface area contributed by atoms with E-state index < -0.39 is 28.5 Å². The molecule has 2 amide bonds. The molecule has 4 aromatic rings. The van der Waals surface area contributed by atoms with Crippen LogP contribution >= 0.6 is 0 Å². The molecular weight excluding hydrogens is 595 g/mol. The van der Waals surface area contributed by atoms with Gasteiger partial charge < -0.3 is 10.2 Å². The molecular formula is C38H43N3O4S. The number of rotatable bonds is 13. The highest BCUT2D eigenvalue weighted by Crippen LogP contribution is 2.29. The number of hydrogen-bond donors (Lipinski definition) is 1. The van der Waals surface area contributed by atoms with Gasteiger partial charge in [0.2, 0.25) is 11.8 Å². The van der Waals surface area contributed by atoms with Crippen molar-refractivity contribution < 1.29 is 18.0 Å². The van der Waals surface area contributed by atoms with Gasteiger partial charge >= 0.3 is 0 Å². The Morgan fingerprint density at radius 3 is 2.02 bits per heavy atom. The maximum Gasteiger partial charge on any atom is 0.264 e. The predicted octanol–water partition coefficient (Wildman–Crippen LogP) is 6.45. The second-order valence-electron chi connectivity index (χ2n) is 12.0. The third-order valence-electron chi connectivity index (χ3n) is 8.70. The van der Waals surface area contributed by atoms with Crippen LogP contribution in [0.2, 0.25) is 0 Å². The molecule has 46 heavy (non-hydrogen) atoms. The molecule has 1 unspecified atom stereocenters. The third kappa shape index (κ3) is 8.04. The van der Waals surface area contributed by atoms with Crippen LogP contribution in [0.3, 0.4) is 0 Å². The van der Waals surface area contributed by atoms with Crippen molar-refractivity contribution in [1.29, 1.82) is 0 Å². The third-order valence-corrected chi connectivity index (χ3v) is 10.5. The molecule has 1 N–H and O–H groups in total. The lowest BCUT2D eigenvalue weighted by atomic mass is 10.0. The Balaban J connectivity index is 1.57. The van der Waals surface area contributed by atoms with Gasteiger partial charge in [-0.25, -0.2) is 8.42 Å². The van der Waals surface area contributed by atoms with Gasteiger partial charge in [0, 0.05) is 19.0 Å². The Morgan fingerprint density at radius 2 is 1.39 bits per heavy atom. The minimum atomic E-state index is -4.14. The van der Waals surface area contributed by atoms with Gasteiger partial charge in [0.25, 0.3) is 10.0 Å². The predicted molar refractivity (Wildman–Crippen MR) is 183 cm³/mol. The molecule has 0 aromatic heterocycles. The Labute approximate surface area is 273 Å². The number of amides is 2. The van der Waals surface area contributed by atoms with Crippen molar-refractivity contribution in [1.82, 2.24) is 10.2 Å². The number of sulfonamides is 1.